The van der Waals surface area contributed by atoms with Crippen LogP contribution in [0.25, 0.3) is 0 Å². The van der Waals surface area contributed by atoms with Crippen molar-refractivity contribution in [2.75, 3.05) is 31.8 Å². The summed E-state index contributed by atoms with van der Waals surface area (Å²) in [5.41, 5.74) is -0.0292. The molecular formula is C11H21BrO3. The minimum absolute atomic E-state index is 0.0292. The Hall–Kier alpha value is 0.360. The molecule has 1 aliphatic heterocycles. The van der Waals surface area contributed by atoms with E-state index in [1.54, 1.807) is 0 Å². The molecule has 0 bridgehead atoms. The van der Waals surface area contributed by atoms with Crippen molar-refractivity contribution in [3.63, 3.8) is 0 Å². The van der Waals surface area contributed by atoms with Crippen molar-refractivity contribution in [1.82, 2.24) is 0 Å². The van der Waals surface area contributed by atoms with Crippen LogP contribution in [0.5, 0.6) is 0 Å². The lowest BCUT2D eigenvalue weighted by Gasteiger charge is -2.35. The highest BCUT2D eigenvalue weighted by molar-refractivity contribution is 9.09. The predicted octanol–water partition coefficient (Wildman–Crippen LogP) is 2.37. The fourth-order valence-corrected chi connectivity index (χ4v) is 2.32. The number of alkyl halides is 1. The average molecular weight is 281 g/mol. The largest absolute Gasteiger partial charge is 0.381 e. The first-order chi connectivity index (χ1) is 7.18. The summed E-state index contributed by atoms with van der Waals surface area (Å²) in [4.78, 5) is 0. The molecule has 90 valence electrons. The molecule has 15 heavy (non-hydrogen) atoms. The van der Waals surface area contributed by atoms with Crippen LogP contribution >= 0.6 is 15.9 Å². The third-order valence-corrected chi connectivity index (χ3v) is 3.61. The molecule has 1 aliphatic rings. The minimum Gasteiger partial charge on any atom is -0.381 e. The van der Waals surface area contributed by atoms with Gasteiger partial charge in [0.05, 0.1) is 24.9 Å². The van der Waals surface area contributed by atoms with E-state index in [2.05, 4.69) is 15.9 Å². The van der Waals surface area contributed by atoms with Gasteiger partial charge in [-0.1, -0.05) is 15.9 Å². The van der Waals surface area contributed by atoms with Crippen LogP contribution in [0.15, 0.2) is 0 Å². The van der Waals surface area contributed by atoms with Crippen LogP contribution in [-0.4, -0.2) is 43.5 Å². The van der Waals surface area contributed by atoms with E-state index in [1.165, 1.54) is 0 Å². The first-order valence-electron chi connectivity index (χ1n) is 5.58. The monoisotopic (exact) mass is 280 g/mol. The third kappa shape index (κ3) is 4.81. The van der Waals surface area contributed by atoms with Crippen molar-refractivity contribution in [3.05, 3.63) is 0 Å². The SMILES string of the molecule is CC(C)OCCOC1(CBr)CCOCC1. The zero-order valence-corrected chi connectivity index (χ0v) is 11.2. The van der Waals surface area contributed by atoms with Crippen LogP contribution in [-0.2, 0) is 14.2 Å². The fraction of sp³-hybridized carbons (Fsp3) is 1.00. The number of ether oxygens (including phenoxy) is 3. The van der Waals surface area contributed by atoms with Gasteiger partial charge in [0.2, 0.25) is 0 Å². The van der Waals surface area contributed by atoms with E-state index in [1.807, 2.05) is 13.8 Å². The van der Waals surface area contributed by atoms with Gasteiger partial charge in [-0.2, -0.15) is 0 Å². The molecule has 0 aromatic rings. The van der Waals surface area contributed by atoms with Gasteiger partial charge in [-0.05, 0) is 13.8 Å². The Kier molecular flexibility index (Phi) is 6.12. The highest BCUT2D eigenvalue weighted by Gasteiger charge is 2.32. The molecule has 0 aromatic heterocycles. The lowest BCUT2D eigenvalue weighted by Crippen LogP contribution is -2.41. The molecule has 1 heterocycles. The van der Waals surface area contributed by atoms with Gasteiger partial charge in [0.15, 0.2) is 0 Å². The molecule has 0 saturated carbocycles. The van der Waals surface area contributed by atoms with Crippen molar-refractivity contribution < 1.29 is 14.2 Å². The van der Waals surface area contributed by atoms with Crippen LogP contribution in [0.4, 0.5) is 0 Å². The molecule has 1 fully saturated rings. The van der Waals surface area contributed by atoms with Crippen LogP contribution in [0.1, 0.15) is 26.7 Å². The Morgan fingerprint density at radius 3 is 2.47 bits per heavy atom. The number of hydrogen-bond donors (Lipinski definition) is 0. The first-order valence-corrected chi connectivity index (χ1v) is 6.70. The maximum atomic E-state index is 5.92. The van der Waals surface area contributed by atoms with Gasteiger partial charge in [0.1, 0.15) is 0 Å². The van der Waals surface area contributed by atoms with Crippen molar-refractivity contribution in [1.29, 1.82) is 0 Å². The Morgan fingerprint density at radius 1 is 1.27 bits per heavy atom. The minimum atomic E-state index is -0.0292. The number of rotatable bonds is 6. The standard InChI is InChI=1S/C11H21BrO3/c1-10(2)14-7-8-15-11(9-12)3-5-13-6-4-11/h10H,3-9H2,1-2H3. The van der Waals surface area contributed by atoms with Crippen LogP contribution in [0.3, 0.4) is 0 Å². The topological polar surface area (TPSA) is 27.7 Å². The van der Waals surface area contributed by atoms with E-state index in [9.17, 15) is 0 Å². The molecular weight excluding hydrogens is 260 g/mol. The van der Waals surface area contributed by atoms with Crippen molar-refractivity contribution in [2.45, 2.75) is 38.4 Å². The van der Waals surface area contributed by atoms with E-state index in [0.717, 1.165) is 31.4 Å². The highest BCUT2D eigenvalue weighted by atomic mass is 79.9. The van der Waals surface area contributed by atoms with Gasteiger partial charge >= 0.3 is 0 Å². The quantitative estimate of drug-likeness (QED) is 0.552. The summed E-state index contributed by atoms with van der Waals surface area (Å²) < 4.78 is 16.7. The lowest BCUT2D eigenvalue weighted by molar-refractivity contribution is -0.111. The van der Waals surface area contributed by atoms with E-state index in [-0.39, 0.29) is 11.7 Å². The van der Waals surface area contributed by atoms with Gasteiger partial charge in [-0.15, -0.1) is 0 Å². The van der Waals surface area contributed by atoms with Gasteiger partial charge in [-0.3, -0.25) is 0 Å². The molecule has 0 aromatic carbocycles. The molecule has 0 aliphatic carbocycles. The maximum Gasteiger partial charge on any atom is 0.0823 e. The first kappa shape index (κ1) is 13.4. The summed E-state index contributed by atoms with van der Waals surface area (Å²) in [5.74, 6) is 0. The van der Waals surface area contributed by atoms with E-state index >= 15 is 0 Å². The summed E-state index contributed by atoms with van der Waals surface area (Å²) in [6.07, 6.45) is 2.23. The molecule has 1 rings (SSSR count). The molecule has 3 nitrogen and oxygen atoms in total. The van der Waals surface area contributed by atoms with Crippen molar-refractivity contribution in [3.8, 4) is 0 Å². The summed E-state index contributed by atoms with van der Waals surface area (Å²) in [6.45, 7) is 7.02. The Labute approximate surface area is 101 Å². The van der Waals surface area contributed by atoms with Crippen LogP contribution in [0, 0.1) is 0 Å². The molecule has 0 radical (unpaired) electrons. The number of hydrogen-bond acceptors (Lipinski definition) is 3. The van der Waals surface area contributed by atoms with Crippen molar-refractivity contribution >= 4 is 15.9 Å². The van der Waals surface area contributed by atoms with E-state index < -0.39 is 0 Å². The summed E-state index contributed by atoms with van der Waals surface area (Å²) in [6, 6.07) is 0. The van der Waals surface area contributed by atoms with Gasteiger partial charge < -0.3 is 14.2 Å². The molecule has 0 N–H and O–H groups in total. The zero-order chi connectivity index (χ0) is 11.1. The fourth-order valence-electron chi connectivity index (χ4n) is 1.60. The predicted molar refractivity (Wildman–Crippen MR) is 63.6 cm³/mol. The lowest BCUT2D eigenvalue weighted by atomic mass is 9.97. The molecule has 0 spiro atoms. The van der Waals surface area contributed by atoms with Crippen LogP contribution < -0.4 is 0 Å². The Morgan fingerprint density at radius 2 is 1.93 bits per heavy atom. The maximum absolute atomic E-state index is 5.92. The third-order valence-electron chi connectivity index (χ3n) is 2.59. The second-order valence-corrected chi connectivity index (χ2v) is 4.76. The van der Waals surface area contributed by atoms with Gasteiger partial charge in [0.25, 0.3) is 0 Å². The summed E-state index contributed by atoms with van der Waals surface area (Å²) in [7, 11) is 0. The van der Waals surface area contributed by atoms with Gasteiger partial charge in [-0.25, -0.2) is 0 Å². The Bertz CT molecular complexity index is 167. The van der Waals surface area contributed by atoms with Gasteiger partial charge in [0, 0.05) is 31.4 Å². The van der Waals surface area contributed by atoms with E-state index in [4.69, 9.17) is 14.2 Å². The normalized spacial score (nSPS) is 20.8. The average Bonchev–Trinajstić information content (AvgIpc) is 2.26. The number of halogens is 1. The smallest absolute Gasteiger partial charge is 0.0823 e. The molecule has 0 atom stereocenters. The molecule has 1 saturated heterocycles. The highest BCUT2D eigenvalue weighted by Crippen LogP contribution is 2.27. The molecule has 0 unspecified atom stereocenters. The molecule has 4 heteroatoms. The second-order valence-electron chi connectivity index (χ2n) is 4.20. The Balaban J connectivity index is 2.20. The van der Waals surface area contributed by atoms with Crippen LogP contribution in [0.2, 0.25) is 0 Å². The second kappa shape index (κ2) is 6.84. The summed E-state index contributed by atoms with van der Waals surface area (Å²) >= 11 is 3.53. The van der Waals surface area contributed by atoms with E-state index in [0.29, 0.717) is 13.2 Å². The van der Waals surface area contributed by atoms with Crippen molar-refractivity contribution in [2.24, 2.45) is 0 Å². The molecule has 0 amide bonds. The summed E-state index contributed by atoms with van der Waals surface area (Å²) in [5, 5.41) is 0.880. The zero-order valence-electron chi connectivity index (χ0n) is 9.63.